The Labute approximate surface area is 201 Å². The molecule has 0 aromatic heterocycles. The predicted molar refractivity (Wildman–Crippen MR) is 127 cm³/mol. The zero-order chi connectivity index (χ0) is 25.0. The largest absolute Gasteiger partial charge is 0.450 e. The van der Waals surface area contributed by atoms with Crippen molar-refractivity contribution in [3.8, 4) is 11.5 Å². The highest BCUT2D eigenvalue weighted by atomic mass is 32.2. The zero-order valence-corrected chi connectivity index (χ0v) is 19.3. The van der Waals surface area contributed by atoms with Gasteiger partial charge in [0.15, 0.2) is 5.78 Å². The molecular formula is C25H21FN2O6S. The van der Waals surface area contributed by atoms with E-state index >= 15 is 0 Å². The number of sulfonamides is 1. The third-order valence-corrected chi connectivity index (χ3v) is 7.40. The smallest absolute Gasteiger partial charge is 0.312 e. The van der Waals surface area contributed by atoms with E-state index < -0.39 is 20.8 Å². The number of nitrogens with zero attached hydrogens (tertiary/aromatic N) is 2. The summed E-state index contributed by atoms with van der Waals surface area (Å²) in [5.74, 6) is -0.632. The van der Waals surface area contributed by atoms with Gasteiger partial charge in [-0.15, -0.1) is 0 Å². The Morgan fingerprint density at radius 1 is 1.00 bits per heavy atom. The number of nitro groups is 1. The lowest BCUT2D eigenvalue weighted by molar-refractivity contribution is -0.385. The lowest BCUT2D eigenvalue weighted by atomic mass is 10.1. The molecule has 0 aliphatic carbocycles. The summed E-state index contributed by atoms with van der Waals surface area (Å²) in [5, 5.41) is 11.5. The normalized spacial score (nSPS) is 14.3. The van der Waals surface area contributed by atoms with Crippen molar-refractivity contribution in [2.75, 3.05) is 13.1 Å². The molecule has 1 aliphatic rings. The van der Waals surface area contributed by atoms with E-state index in [0.29, 0.717) is 18.7 Å². The lowest BCUT2D eigenvalue weighted by Gasteiger charge is -2.15. The fraction of sp³-hybridized carbons (Fsp3) is 0.160. The highest BCUT2D eigenvalue weighted by Gasteiger charge is 2.27. The number of hydrogen-bond donors (Lipinski definition) is 0. The fourth-order valence-electron chi connectivity index (χ4n) is 3.63. The Morgan fingerprint density at radius 2 is 1.66 bits per heavy atom. The van der Waals surface area contributed by atoms with Crippen molar-refractivity contribution in [1.29, 1.82) is 0 Å². The minimum atomic E-state index is -3.57. The molecule has 1 aliphatic heterocycles. The third-order valence-electron chi connectivity index (χ3n) is 5.49. The van der Waals surface area contributed by atoms with E-state index in [0.717, 1.165) is 12.8 Å². The van der Waals surface area contributed by atoms with Gasteiger partial charge in [0.1, 0.15) is 11.6 Å². The van der Waals surface area contributed by atoms with Crippen LogP contribution in [0.25, 0.3) is 6.08 Å². The van der Waals surface area contributed by atoms with E-state index in [-0.39, 0.29) is 33.4 Å². The molecule has 180 valence electrons. The minimum Gasteiger partial charge on any atom is -0.450 e. The van der Waals surface area contributed by atoms with Gasteiger partial charge in [0.05, 0.1) is 9.82 Å². The highest BCUT2D eigenvalue weighted by molar-refractivity contribution is 7.89. The molecule has 0 spiro atoms. The first kappa shape index (κ1) is 24.2. The molecule has 10 heteroatoms. The van der Waals surface area contributed by atoms with Crippen LogP contribution in [0.5, 0.6) is 11.5 Å². The van der Waals surface area contributed by atoms with Crippen LogP contribution in [0, 0.1) is 15.9 Å². The number of benzene rings is 3. The van der Waals surface area contributed by atoms with Crippen molar-refractivity contribution >= 4 is 27.6 Å². The molecule has 3 aromatic rings. The maximum Gasteiger partial charge on any atom is 0.312 e. The van der Waals surface area contributed by atoms with Gasteiger partial charge in [-0.3, -0.25) is 14.9 Å². The van der Waals surface area contributed by atoms with Crippen LogP contribution in [0.4, 0.5) is 10.1 Å². The molecule has 4 rings (SSSR count). The number of ether oxygens (including phenoxy) is 1. The second-order valence-electron chi connectivity index (χ2n) is 7.87. The van der Waals surface area contributed by atoms with E-state index in [1.807, 2.05) is 0 Å². The van der Waals surface area contributed by atoms with Gasteiger partial charge in [0.25, 0.3) is 0 Å². The van der Waals surface area contributed by atoms with Gasteiger partial charge in [-0.1, -0.05) is 12.1 Å². The first-order chi connectivity index (χ1) is 16.7. The van der Waals surface area contributed by atoms with Gasteiger partial charge in [0, 0.05) is 24.7 Å². The molecule has 0 amide bonds. The van der Waals surface area contributed by atoms with Crippen LogP contribution in [-0.2, 0) is 10.0 Å². The molecule has 1 heterocycles. The Morgan fingerprint density at radius 3 is 2.29 bits per heavy atom. The van der Waals surface area contributed by atoms with E-state index in [4.69, 9.17) is 4.74 Å². The predicted octanol–water partition coefficient (Wildman–Crippen LogP) is 5.21. The van der Waals surface area contributed by atoms with Crippen molar-refractivity contribution in [2.45, 2.75) is 17.7 Å². The summed E-state index contributed by atoms with van der Waals surface area (Å²) < 4.78 is 45.2. The summed E-state index contributed by atoms with van der Waals surface area (Å²) in [6.45, 7) is 0.983. The number of carbonyl (C=O) groups excluding carboxylic acids is 1. The van der Waals surface area contributed by atoms with Gasteiger partial charge in [-0.2, -0.15) is 4.31 Å². The maximum atomic E-state index is 13.1. The average molecular weight is 497 g/mol. The molecule has 3 aromatic carbocycles. The lowest BCUT2D eigenvalue weighted by Crippen LogP contribution is -2.27. The first-order valence-corrected chi connectivity index (χ1v) is 12.2. The maximum absolute atomic E-state index is 13.1. The minimum absolute atomic E-state index is 0.0279. The van der Waals surface area contributed by atoms with Crippen molar-refractivity contribution < 1.29 is 27.3 Å². The first-order valence-electron chi connectivity index (χ1n) is 10.8. The Bertz CT molecular complexity index is 1380. The molecule has 8 nitrogen and oxygen atoms in total. The van der Waals surface area contributed by atoms with Gasteiger partial charge < -0.3 is 4.74 Å². The van der Waals surface area contributed by atoms with Gasteiger partial charge in [-0.25, -0.2) is 12.8 Å². The molecule has 0 radical (unpaired) electrons. The summed E-state index contributed by atoms with van der Waals surface area (Å²) in [5.41, 5.74) is 0.359. The van der Waals surface area contributed by atoms with E-state index in [9.17, 15) is 27.7 Å². The van der Waals surface area contributed by atoms with Crippen LogP contribution >= 0.6 is 0 Å². The molecule has 0 N–H and O–H groups in total. The number of allylic oxidation sites excluding steroid dienone is 1. The van der Waals surface area contributed by atoms with E-state index in [2.05, 4.69) is 0 Å². The number of nitro benzene ring substituents is 1. The number of ketones is 1. The molecule has 0 unspecified atom stereocenters. The van der Waals surface area contributed by atoms with Crippen molar-refractivity contribution in [2.24, 2.45) is 0 Å². The zero-order valence-electron chi connectivity index (χ0n) is 18.5. The van der Waals surface area contributed by atoms with Crippen LogP contribution < -0.4 is 4.74 Å². The highest BCUT2D eigenvalue weighted by Crippen LogP contribution is 2.32. The summed E-state index contributed by atoms with van der Waals surface area (Å²) in [7, 11) is -3.57. The number of rotatable bonds is 8. The fourth-order valence-corrected chi connectivity index (χ4v) is 5.15. The van der Waals surface area contributed by atoms with Crippen LogP contribution in [0.1, 0.15) is 28.8 Å². The average Bonchev–Trinajstić information content (AvgIpc) is 3.40. The topological polar surface area (TPSA) is 107 Å². The third kappa shape index (κ3) is 5.61. The molecule has 35 heavy (non-hydrogen) atoms. The molecule has 1 fully saturated rings. The monoisotopic (exact) mass is 496 g/mol. The Kier molecular flexibility index (Phi) is 7.04. The number of hydrogen-bond acceptors (Lipinski definition) is 6. The second kappa shape index (κ2) is 10.2. The summed E-state index contributed by atoms with van der Waals surface area (Å²) in [4.78, 5) is 23.6. The second-order valence-corrected chi connectivity index (χ2v) is 9.81. The van der Waals surface area contributed by atoms with Crippen molar-refractivity contribution in [1.82, 2.24) is 4.31 Å². The van der Waals surface area contributed by atoms with E-state index in [1.165, 1.54) is 77.1 Å². The SMILES string of the molecule is O=C(C=Cc1ccc(Oc2ccc(F)cc2)c([N+](=O)[O-])c1)c1ccc(S(=O)(=O)N2CCCC2)cc1. The molecule has 0 saturated carbocycles. The van der Waals surface area contributed by atoms with Crippen LogP contribution in [0.2, 0.25) is 0 Å². The van der Waals surface area contributed by atoms with Crippen LogP contribution in [0.3, 0.4) is 0 Å². The summed E-state index contributed by atoms with van der Waals surface area (Å²) >= 11 is 0. The Balaban J connectivity index is 1.48. The quantitative estimate of drug-likeness (QED) is 0.183. The van der Waals surface area contributed by atoms with Crippen molar-refractivity contribution in [3.05, 3.63) is 99.9 Å². The molecular weight excluding hydrogens is 475 g/mol. The van der Waals surface area contributed by atoms with Crippen LogP contribution in [0.15, 0.2) is 77.7 Å². The summed E-state index contributed by atoms with van der Waals surface area (Å²) in [6, 6.07) is 15.0. The van der Waals surface area contributed by atoms with Gasteiger partial charge >= 0.3 is 5.69 Å². The number of carbonyl (C=O) groups is 1. The molecule has 0 atom stereocenters. The van der Waals surface area contributed by atoms with Crippen LogP contribution in [-0.4, -0.2) is 36.5 Å². The Hall–Kier alpha value is -3.89. The van der Waals surface area contributed by atoms with Gasteiger partial charge in [-0.05, 0) is 79.1 Å². The molecule has 1 saturated heterocycles. The van der Waals surface area contributed by atoms with Crippen molar-refractivity contribution in [3.63, 3.8) is 0 Å². The van der Waals surface area contributed by atoms with E-state index in [1.54, 1.807) is 6.07 Å². The summed E-state index contributed by atoms with van der Waals surface area (Å²) in [6.07, 6.45) is 4.34. The van der Waals surface area contributed by atoms with Gasteiger partial charge in [0.2, 0.25) is 15.8 Å². The number of halogens is 1. The molecule has 0 bridgehead atoms. The standard InChI is InChI=1S/C25H21FN2O6S/c26-20-7-9-21(10-8-20)34-25-14-4-18(17-23(25)28(30)31)3-13-24(29)19-5-11-22(12-6-19)35(32,33)27-15-1-2-16-27/h3-14,17H,1-2,15-16H2.